The van der Waals surface area contributed by atoms with E-state index in [-0.39, 0.29) is 0 Å². The highest BCUT2D eigenvalue weighted by Gasteiger charge is 2.32. The third kappa shape index (κ3) is 1.99. The molecule has 0 heterocycles. The first-order chi connectivity index (χ1) is 5.90. The third-order valence-corrected chi connectivity index (χ3v) is 3.19. The van der Waals surface area contributed by atoms with E-state index < -0.39 is 0 Å². The molecule has 0 aromatic heterocycles. The van der Waals surface area contributed by atoms with Crippen molar-refractivity contribution < 1.29 is 5.11 Å². The van der Waals surface area contributed by atoms with Crippen LogP contribution in [0.1, 0.15) is 38.5 Å². The first kappa shape index (κ1) is 8.52. The minimum atomic E-state index is 0.348. The van der Waals surface area contributed by atoms with E-state index in [4.69, 9.17) is 5.11 Å². The Morgan fingerprint density at radius 1 is 1.25 bits per heavy atom. The van der Waals surface area contributed by atoms with E-state index in [0.717, 1.165) is 18.4 Å². The minimum absolute atomic E-state index is 0.348. The van der Waals surface area contributed by atoms with Gasteiger partial charge in [0.05, 0.1) is 0 Å². The first-order valence-corrected chi connectivity index (χ1v) is 5.27. The molecule has 2 fully saturated rings. The zero-order chi connectivity index (χ0) is 8.39. The Bertz CT molecular complexity index is 141. The van der Waals surface area contributed by atoms with E-state index in [1.54, 1.807) is 0 Å². The van der Waals surface area contributed by atoms with E-state index >= 15 is 0 Å². The van der Waals surface area contributed by atoms with Crippen LogP contribution in [-0.4, -0.2) is 23.8 Å². The number of hydrogen-bond acceptors (Lipinski definition) is 2. The molecule has 0 amide bonds. The molecule has 0 spiro atoms. The van der Waals surface area contributed by atoms with Gasteiger partial charge in [-0.15, -0.1) is 0 Å². The topological polar surface area (TPSA) is 32.3 Å². The Balaban J connectivity index is 1.71. The molecule has 0 aromatic carbocycles. The van der Waals surface area contributed by atoms with Crippen molar-refractivity contribution in [1.82, 2.24) is 5.32 Å². The van der Waals surface area contributed by atoms with Gasteiger partial charge in [0.2, 0.25) is 0 Å². The number of aliphatic hydroxyl groups excluding tert-OH is 1. The summed E-state index contributed by atoms with van der Waals surface area (Å²) >= 11 is 0. The molecule has 0 aromatic rings. The smallest absolute Gasteiger partial charge is 0.0445 e. The molecule has 0 aliphatic heterocycles. The average molecular weight is 169 g/mol. The van der Waals surface area contributed by atoms with Gasteiger partial charge in [0.1, 0.15) is 0 Å². The summed E-state index contributed by atoms with van der Waals surface area (Å²) in [6.07, 6.45) is 7.83. The molecule has 0 radical (unpaired) electrons. The number of hydrogen-bond donors (Lipinski definition) is 2. The van der Waals surface area contributed by atoms with Crippen molar-refractivity contribution in [2.75, 3.05) is 6.61 Å². The summed E-state index contributed by atoms with van der Waals surface area (Å²) in [6, 6.07) is 1.41. The zero-order valence-electron chi connectivity index (χ0n) is 7.63. The molecule has 2 heteroatoms. The van der Waals surface area contributed by atoms with Gasteiger partial charge >= 0.3 is 0 Å². The third-order valence-electron chi connectivity index (χ3n) is 3.19. The molecule has 0 saturated heterocycles. The van der Waals surface area contributed by atoms with E-state index in [2.05, 4.69) is 5.32 Å². The highest BCUT2D eigenvalue weighted by atomic mass is 16.3. The Hall–Kier alpha value is -0.0800. The summed E-state index contributed by atoms with van der Waals surface area (Å²) in [5, 5.41) is 12.5. The molecule has 2 saturated carbocycles. The quantitative estimate of drug-likeness (QED) is 0.650. The second kappa shape index (κ2) is 3.75. The Labute approximate surface area is 74.4 Å². The Morgan fingerprint density at radius 2 is 2.00 bits per heavy atom. The van der Waals surface area contributed by atoms with Crippen molar-refractivity contribution in [3.8, 4) is 0 Å². The van der Waals surface area contributed by atoms with Crippen LogP contribution in [0.5, 0.6) is 0 Å². The van der Waals surface area contributed by atoms with Crippen LogP contribution >= 0.6 is 0 Å². The van der Waals surface area contributed by atoms with E-state index in [1.165, 1.54) is 32.1 Å². The van der Waals surface area contributed by atoms with Crippen LogP contribution in [0.15, 0.2) is 0 Å². The predicted octanol–water partition coefficient (Wildman–Crippen LogP) is 1.29. The van der Waals surface area contributed by atoms with Crippen LogP contribution in [0, 0.1) is 5.92 Å². The van der Waals surface area contributed by atoms with Crippen LogP contribution in [0.3, 0.4) is 0 Å². The molecule has 70 valence electrons. The fourth-order valence-corrected chi connectivity index (χ4v) is 1.97. The summed E-state index contributed by atoms with van der Waals surface area (Å²) in [6.45, 7) is 0.348. The summed E-state index contributed by atoms with van der Waals surface area (Å²) in [5.41, 5.74) is 0. The zero-order valence-corrected chi connectivity index (χ0v) is 7.63. The molecule has 2 rings (SSSR count). The Kier molecular flexibility index (Phi) is 2.66. The lowest BCUT2D eigenvalue weighted by Gasteiger charge is -2.31. The molecule has 2 nitrogen and oxygen atoms in total. The van der Waals surface area contributed by atoms with Crippen LogP contribution in [0.25, 0.3) is 0 Å². The van der Waals surface area contributed by atoms with Crippen LogP contribution < -0.4 is 5.32 Å². The maximum atomic E-state index is 8.88. The number of aliphatic hydroxyl groups is 1. The van der Waals surface area contributed by atoms with Crippen LogP contribution in [-0.2, 0) is 0 Å². The molecule has 2 aliphatic rings. The van der Waals surface area contributed by atoms with Gasteiger partial charge in [-0.25, -0.2) is 0 Å². The summed E-state index contributed by atoms with van der Waals surface area (Å²) < 4.78 is 0. The van der Waals surface area contributed by atoms with Gasteiger partial charge in [-0.2, -0.15) is 0 Å². The molecule has 1 atom stereocenters. The fraction of sp³-hybridized carbons (Fsp3) is 1.00. The predicted molar refractivity (Wildman–Crippen MR) is 49.0 cm³/mol. The molecular formula is C10H19NO. The van der Waals surface area contributed by atoms with Gasteiger partial charge in [0.25, 0.3) is 0 Å². The molecular weight excluding hydrogens is 150 g/mol. The van der Waals surface area contributed by atoms with Gasteiger partial charge in [-0.05, 0) is 38.0 Å². The second-order valence-corrected chi connectivity index (χ2v) is 4.25. The summed E-state index contributed by atoms with van der Waals surface area (Å²) in [7, 11) is 0. The van der Waals surface area contributed by atoms with Crippen LogP contribution in [0.2, 0.25) is 0 Å². The van der Waals surface area contributed by atoms with Gasteiger partial charge in [0, 0.05) is 18.7 Å². The number of nitrogens with one attached hydrogen (secondary N) is 1. The van der Waals surface area contributed by atoms with E-state index in [0.29, 0.717) is 12.6 Å². The normalized spacial score (nSPS) is 26.8. The van der Waals surface area contributed by atoms with E-state index in [1.807, 2.05) is 0 Å². The molecule has 0 bridgehead atoms. The lowest BCUT2D eigenvalue weighted by Crippen LogP contribution is -2.43. The van der Waals surface area contributed by atoms with Crippen molar-refractivity contribution in [3.63, 3.8) is 0 Å². The van der Waals surface area contributed by atoms with Gasteiger partial charge in [-0.1, -0.05) is 6.42 Å². The van der Waals surface area contributed by atoms with Gasteiger partial charge in [-0.3, -0.25) is 0 Å². The van der Waals surface area contributed by atoms with E-state index in [9.17, 15) is 0 Å². The summed E-state index contributed by atoms with van der Waals surface area (Å²) in [5.74, 6) is 0.887. The number of rotatable bonds is 5. The molecule has 2 aliphatic carbocycles. The molecule has 1 unspecified atom stereocenters. The summed E-state index contributed by atoms with van der Waals surface area (Å²) in [4.78, 5) is 0. The first-order valence-electron chi connectivity index (χ1n) is 5.27. The average Bonchev–Trinajstić information content (AvgIpc) is 2.76. The fourth-order valence-electron chi connectivity index (χ4n) is 1.97. The SMILES string of the molecule is OCCC(NC1CCC1)C1CC1. The van der Waals surface area contributed by atoms with Gasteiger partial charge in [0.15, 0.2) is 0 Å². The lowest BCUT2D eigenvalue weighted by atomic mass is 9.91. The lowest BCUT2D eigenvalue weighted by molar-refractivity contribution is 0.226. The van der Waals surface area contributed by atoms with Gasteiger partial charge < -0.3 is 10.4 Å². The van der Waals surface area contributed by atoms with Crippen LogP contribution in [0.4, 0.5) is 0 Å². The van der Waals surface area contributed by atoms with Crippen molar-refractivity contribution in [1.29, 1.82) is 0 Å². The Morgan fingerprint density at radius 3 is 2.42 bits per heavy atom. The molecule has 2 N–H and O–H groups in total. The minimum Gasteiger partial charge on any atom is -0.396 e. The van der Waals surface area contributed by atoms with Crippen molar-refractivity contribution in [2.45, 2.75) is 50.6 Å². The highest BCUT2D eigenvalue weighted by Crippen LogP contribution is 2.35. The maximum Gasteiger partial charge on any atom is 0.0445 e. The van der Waals surface area contributed by atoms with Crippen molar-refractivity contribution in [2.24, 2.45) is 5.92 Å². The highest BCUT2D eigenvalue weighted by molar-refractivity contribution is 4.90. The molecule has 12 heavy (non-hydrogen) atoms. The van der Waals surface area contributed by atoms with Crippen molar-refractivity contribution >= 4 is 0 Å². The standard InChI is InChI=1S/C10H19NO/c12-7-6-10(8-4-5-8)11-9-2-1-3-9/h8-12H,1-7H2. The largest absolute Gasteiger partial charge is 0.396 e. The van der Waals surface area contributed by atoms with Crippen molar-refractivity contribution in [3.05, 3.63) is 0 Å². The second-order valence-electron chi connectivity index (χ2n) is 4.25. The monoisotopic (exact) mass is 169 g/mol. The maximum absolute atomic E-state index is 8.88.